The Morgan fingerprint density at radius 2 is 1.81 bits per heavy atom. The lowest BCUT2D eigenvalue weighted by Gasteiger charge is -2.26. The molecule has 1 saturated heterocycles. The summed E-state index contributed by atoms with van der Waals surface area (Å²) in [6.07, 6.45) is 2.30. The van der Waals surface area contributed by atoms with Crippen molar-refractivity contribution in [3.05, 3.63) is 57.8 Å². The van der Waals surface area contributed by atoms with E-state index in [-0.39, 0.29) is 24.1 Å². The smallest absolute Gasteiger partial charge is 0.251 e. The van der Waals surface area contributed by atoms with Crippen LogP contribution in [0.4, 0.5) is 8.78 Å². The lowest BCUT2D eigenvalue weighted by molar-refractivity contribution is -0.120. The highest BCUT2D eigenvalue weighted by Gasteiger charge is 2.24. The first kappa shape index (κ1) is 19.4. The predicted octanol–water partition coefficient (Wildman–Crippen LogP) is 2.71. The third-order valence-electron chi connectivity index (χ3n) is 4.48. The molecular formula is C19H21F2N3O2S. The van der Waals surface area contributed by atoms with Crippen LogP contribution in [0.15, 0.2) is 35.7 Å². The molecule has 1 unspecified atom stereocenters. The fourth-order valence-electron chi connectivity index (χ4n) is 3.16. The molecule has 2 heterocycles. The Morgan fingerprint density at radius 3 is 2.44 bits per heavy atom. The second kappa shape index (κ2) is 9.05. The van der Waals surface area contributed by atoms with Crippen molar-refractivity contribution in [3.8, 4) is 0 Å². The molecule has 0 aliphatic carbocycles. The average molecular weight is 393 g/mol. The van der Waals surface area contributed by atoms with Crippen LogP contribution in [0.5, 0.6) is 0 Å². The van der Waals surface area contributed by atoms with Gasteiger partial charge in [0.15, 0.2) is 0 Å². The van der Waals surface area contributed by atoms with Crippen LogP contribution in [0.3, 0.4) is 0 Å². The van der Waals surface area contributed by atoms with Gasteiger partial charge in [-0.25, -0.2) is 8.78 Å². The largest absolute Gasteiger partial charge is 0.353 e. The second-order valence-corrected chi connectivity index (χ2v) is 7.40. The van der Waals surface area contributed by atoms with Crippen LogP contribution in [0, 0.1) is 11.6 Å². The Bertz CT molecular complexity index is 772. The van der Waals surface area contributed by atoms with E-state index in [0.717, 1.165) is 38.1 Å². The predicted molar refractivity (Wildman–Crippen MR) is 99.6 cm³/mol. The number of nitrogens with one attached hydrogen (secondary N) is 2. The van der Waals surface area contributed by atoms with E-state index in [4.69, 9.17) is 0 Å². The first-order valence-corrected chi connectivity index (χ1v) is 9.69. The van der Waals surface area contributed by atoms with Crippen LogP contribution in [-0.2, 0) is 4.79 Å². The standard InChI is InChI=1S/C19H21F2N3O2S/c20-14-8-13(9-15(21)10-14)19(26)23-12-18(25)22-11-16(17-4-3-7-27-17)24-5-1-2-6-24/h3-4,7-10,16H,1-2,5-6,11-12H2,(H,22,25)(H,23,26). The number of benzene rings is 1. The molecule has 144 valence electrons. The van der Waals surface area contributed by atoms with Crippen molar-refractivity contribution in [1.29, 1.82) is 0 Å². The molecule has 0 spiro atoms. The summed E-state index contributed by atoms with van der Waals surface area (Å²) in [6.45, 7) is 2.19. The van der Waals surface area contributed by atoms with Crippen molar-refractivity contribution in [2.24, 2.45) is 0 Å². The highest BCUT2D eigenvalue weighted by Crippen LogP contribution is 2.27. The first-order valence-electron chi connectivity index (χ1n) is 8.81. The van der Waals surface area contributed by atoms with Crippen LogP contribution in [0.1, 0.15) is 34.1 Å². The summed E-state index contributed by atoms with van der Waals surface area (Å²) in [6, 6.07) is 6.70. The van der Waals surface area contributed by atoms with Crippen LogP contribution in [0.2, 0.25) is 0 Å². The first-order chi connectivity index (χ1) is 13.0. The van der Waals surface area contributed by atoms with Gasteiger partial charge in [0.2, 0.25) is 5.91 Å². The number of rotatable bonds is 7. The van der Waals surface area contributed by atoms with E-state index in [0.29, 0.717) is 12.6 Å². The van der Waals surface area contributed by atoms with Crippen LogP contribution < -0.4 is 10.6 Å². The van der Waals surface area contributed by atoms with Gasteiger partial charge < -0.3 is 10.6 Å². The Morgan fingerprint density at radius 1 is 1.11 bits per heavy atom. The molecule has 8 heteroatoms. The number of carbonyl (C=O) groups is 2. The molecule has 1 atom stereocenters. The highest BCUT2D eigenvalue weighted by atomic mass is 32.1. The number of hydrogen-bond acceptors (Lipinski definition) is 4. The van der Waals surface area contributed by atoms with Crippen molar-refractivity contribution in [2.75, 3.05) is 26.2 Å². The zero-order valence-electron chi connectivity index (χ0n) is 14.7. The van der Waals surface area contributed by atoms with Gasteiger partial charge in [-0.2, -0.15) is 0 Å². The Hall–Kier alpha value is -2.32. The van der Waals surface area contributed by atoms with E-state index in [1.807, 2.05) is 11.4 Å². The summed E-state index contributed by atoms with van der Waals surface area (Å²) >= 11 is 1.65. The molecule has 0 bridgehead atoms. The Balaban J connectivity index is 1.51. The number of hydrogen-bond donors (Lipinski definition) is 2. The summed E-state index contributed by atoms with van der Waals surface area (Å²) in [5, 5.41) is 7.24. The Kier molecular flexibility index (Phi) is 6.52. The summed E-state index contributed by atoms with van der Waals surface area (Å²) < 4.78 is 26.4. The van der Waals surface area contributed by atoms with Crippen LogP contribution >= 0.6 is 11.3 Å². The zero-order valence-corrected chi connectivity index (χ0v) is 15.5. The van der Waals surface area contributed by atoms with Crippen molar-refractivity contribution in [3.63, 3.8) is 0 Å². The monoisotopic (exact) mass is 393 g/mol. The zero-order chi connectivity index (χ0) is 19.2. The topological polar surface area (TPSA) is 61.4 Å². The summed E-state index contributed by atoms with van der Waals surface area (Å²) in [4.78, 5) is 27.6. The molecule has 2 N–H and O–H groups in total. The molecule has 0 saturated carbocycles. The fourth-order valence-corrected chi connectivity index (χ4v) is 4.03. The quantitative estimate of drug-likeness (QED) is 0.760. The minimum atomic E-state index is -0.839. The van der Waals surface area contributed by atoms with Gasteiger partial charge in [-0.15, -0.1) is 11.3 Å². The summed E-state index contributed by atoms with van der Waals surface area (Å²) in [5.41, 5.74) is -0.158. The van der Waals surface area contributed by atoms with Gasteiger partial charge in [0.05, 0.1) is 12.6 Å². The molecule has 1 aromatic heterocycles. The van der Waals surface area contributed by atoms with Crippen molar-refractivity contribution >= 4 is 23.2 Å². The summed E-state index contributed by atoms with van der Waals surface area (Å²) in [7, 11) is 0. The maximum atomic E-state index is 13.2. The second-order valence-electron chi connectivity index (χ2n) is 6.42. The third-order valence-corrected chi connectivity index (χ3v) is 5.45. The van der Waals surface area contributed by atoms with Gasteiger partial charge in [-0.05, 0) is 49.5 Å². The molecular weight excluding hydrogens is 372 g/mol. The van der Waals surface area contributed by atoms with E-state index >= 15 is 0 Å². The van der Waals surface area contributed by atoms with E-state index in [1.54, 1.807) is 11.3 Å². The lowest BCUT2D eigenvalue weighted by atomic mass is 10.2. The minimum absolute atomic E-state index is 0.115. The van der Waals surface area contributed by atoms with E-state index < -0.39 is 17.5 Å². The van der Waals surface area contributed by atoms with E-state index in [9.17, 15) is 18.4 Å². The van der Waals surface area contributed by atoms with E-state index in [1.165, 1.54) is 4.88 Å². The minimum Gasteiger partial charge on any atom is -0.353 e. The molecule has 0 radical (unpaired) electrons. The van der Waals surface area contributed by atoms with Gasteiger partial charge in [-0.1, -0.05) is 6.07 Å². The molecule has 1 aliphatic heterocycles. The number of carbonyl (C=O) groups excluding carboxylic acids is 2. The molecule has 1 aromatic carbocycles. The van der Waals surface area contributed by atoms with Crippen molar-refractivity contribution in [2.45, 2.75) is 18.9 Å². The van der Waals surface area contributed by atoms with Gasteiger partial charge in [0, 0.05) is 23.1 Å². The van der Waals surface area contributed by atoms with Gasteiger partial charge in [0.1, 0.15) is 11.6 Å². The maximum absolute atomic E-state index is 13.2. The van der Waals surface area contributed by atoms with Gasteiger partial charge >= 0.3 is 0 Å². The lowest BCUT2D eigenvalue weighted by Crippen LogP contribution is -2.41. The number of nitrogens with zero attached hydrogens (tertiary/aromatic N) is 1. The molecule has 5 nitrogen and oxygen atoms in total. The van der Waals surface area contributed by atoms with Gasteiger partial charge in [-0.3, -0.25) is 14.5 Å². The number of amides is 2. The van der Waals surface area contributed by atoms with Gasteiger partial charge in [0.25, 0.3) is 5.91 Å². The molecule has 2 amide bonds. The molecule has 1 aliphatic rings. The fraction of sp³-hybridized carbons (Fsp3) is 0.368. The third kappa shape index (κ3) is 5.33. The maximum Gasteiger partial charge on any atom is 0.251 e. The van der Waals surface area contributed by atoms with Crippen molar-refractivity contribution in [1.82, 2.24) is 15.5 Å². The van der Waals surface area contributed by atoms with Crippen LogP contribution in [0.25, 0.3) is 0 Å². The molecule has 2 aromatic rings. The SMILES string of the molecule is O=C(CNC(=O)c1cc(F)cc(F)c1)NCC(c1cccs1)N1CCCC1. The number of halogens is 2. The molecule has 27 heavy (non-hydrogen) atoms. The summed E-state index contributed by atoms with van der Waals surface area (Å²) in [5.74, 6) is -2.72. The number of likely N-dealkylation sites (tertiary alicyclic amines) is 1. The van der Waals surface area contributed by atoms with E-state index in [2.05, 4.69) is 21.6 Å². The van der Waals surface area contributed by atoms with Crippen molar-refractivity contribution < 1.29 is 18.4 Å². The number of thiophene rings is 1. The van der Waals surface area contributed by atoms with Crippen LogP contribution in [-0.4, -0.2) is 42.9 Å². The molecule has 3 rings (SSSR count). The normalized spacial score (nSPS) is 15.5. The Labute approximate surface area is 160 Å². The highest BCUT2D eigenvalue weighted by molar-refractivity contribution is 7.10. The molecule has 1 fully saturated rings. The average Bonchev–Trinajstić information content (AvgIpc) is 3.33.